The van der Waals surface area contributed by atoms with Crippen LogP contribution in [0.5, 0.6) is 5.75 Å². The van der Waals surface area contributed by atoms with Gasteiger partial charge in [0.25, 0.3) is 0 Å². The van der Waals surface area contributed by atoms with Crippen molar-refractivity contribution < 1.29 is 9.53 Å². The summed E-state index contributed by atoms with van der Waals surface area (Å²) in [7, 11) is 0. The van der Waals surface area contributed by atoms with Crippen LogP contribution in [-0.4, -0.2) is 38.1 Å². The van der Waals surface area contributed by atoms with Crippen LogP contribution in [0.15, 0.2) is 53.7 Å². The number of hydrogen-bond acceptors (Lipinski definition) is 5. The maximum absolute atomic E-state index is 12.6. The van der Waals surface area contributed by atoms with Crippen molar-refractivity contribution in [1.29, 1.82) is 0 Å². The van der Waals surface area contributed by atoms with Crippen molar-refractivity contribution in [2.24, 2.45) is 0 Å². The lowest BCUT2D eigenvalue weighted by atomic mass is 10.1. The maximum Gasteiger partial charge on any atom is 0.233 e. The molecule has 0 saturated heterocycles. The molecule has 1 unspecified atom stereocenters. The molecule has 6 nitrogen and oxygen atoms in total. The Kier molecular flexibility index (Phi) is 7.28. The number of hydrogen-bond donors (Lipinski definition) is 1. The topological polar surface area (TPSA) is 69.0 Å². The molecular formula is C23H27ClN4O2S. The molecule has 31 heavy (non-hydrogen) atoms. The summed E-state index contributed by atoms with van der Waals surface area (Å²) < 4.78 is 7.50. The Morgan fingerprint density at radius 2 is 1.90 bits per heavy atom. The standard InChI is InChI=1S/C23H27ClN4O2S/c1-6-30-19-12-10-18(11-13-19)28-20(16-8-7-9-17(24)14-16)26-27-22(28)31-15(2)21(29)25-23(3,4)5/h7-15H,6H2,1-5H3,(H,25,29). The number of halogens is 1. The molecule has 1 N–H and O–H groups in total. The first-order valence-corrected chi connectivity index (χ1v) is 11.4. The number of benzene rings is 2. The average molecular weight is 459 g/mol. The van der Waals surface area contributed by atoms with E-state index < -0.39 is 0 Å². The first kappa shape index (κ1) is 23.2. The highest BCUT2D eigenvalue weighted by molar-refractivity contribution is 8.00. The average Bonchev–Trinajstić information content (AvgIpc) is 3.11. The molecule has 0 bridgehead atoms. The molecule has 0 aliphatic heterocycles. The van der Waals surface area contributed by atoms with E-state index in [2.05, 4.69) is 15.5 Å². The van der Waals surface area contributed by atoms with Gasteiger partial charge in [-0.3, -0.25) is 9.36 Å². The second-order valence-corrected chi connectivity index (χ2v) is 9.82. The predicted octanol–water partition coefficient (Wildman–Crippen LogP) is 5.38. The van der Waals surface area contributed by atoms with Gasteiger partial charge in [0.15, 0.2) is 11.0 Å². The highest BCUT2D eigenvalue weighted by Gasteiger charge is 2.24. The van der Waals surface area contributed by atoms with Gasteiger partial charge >= 0.3 is 0 Å². The first-order chi connectivity index (χ1) is 14.7. The molecule has 0 saturated carbocycles. The molecule has 2 aromatic carbocycles. The molecule has 3 aromatic rings. The lowest BCUT2D eigenvalue weighted by Crippen LogP contribution is -2.44. The number of nitrogens with one attached hydrogen (secondary N) is 1. The normalized spacial score (nSPS) is 12.5. The lowest BCUT2D eigenvalue weighted by Gasteiger charge is -2.23. The van der Waals surface area contributed by atoms with Crippen molar-refractivity contribution in [2.45, 2.75) is 50.6 Å². The van der Waals surface area contributed by atoms with Gasteiger partial charge in [-0.05, 0) is 71.0 Å². The number of ether oxygens (including phenoxy) is 1. The third-order valence-electron chi connectivity index (χ3n) is 4.27. The summed E-state index contributed by atoms with van der Waals surface area (Å²) in [6, 6.07) is 15.2. The van der Waals surface area contributed by atoms with Gasteiger partial charge in [-0.25, -0.2) is 0 Å². The third-order valence-corrected chi connectivity index (χ3v) is 5.55. The molecule has 0 spiro atoms. The minimum Gasteiger partial charge on any atom is -0.494 e. The molecule has 1 amide bonds. The number of carbonyl (C=O) groups excluding carboxylic acids is 1. The van der Waals surface area contributed by atoms with Crippen molar-refractivity contribution >= 4 is 29.3 Å². The Labute approximate surface area is 192 Å². The maximum atomic E-state index is 12.6. The zero-order valence-electron chi connectivity index (χ0n) is 18.3. The number of nitrogens with zero attached hydrogens (tertiary/aromatic N) is 3. The fourth-order valence-electron chi connectivity index (χ4n) is 2.93. The van der Waals surface area contributed by atoms with Gasteiger partial charge in [-0.15, -0.1) is 10.2 Å². The third kappa shape index (κ3) is 6.02. The van der Waals surface area contributed by atoms with Gasteiger partial charge in [0.05, 0.1) is 11.9 Å². The van der Waals surface area contributed by atoms with Gasteiger partial charge in [-0.1, -0.05) is 35.5 Å². The summed E-state index contributed by atoms with van der Waals surface area (Å²) in [5.74, 6) is 1.39. The number of rotatable bonds is 7. The van der Waals surface area contributed by atoms with Crippen LogP contribution in [0, 0.1) is 0 Å². The summed E-state index contributed by atoms with van der Waals surface area (Å²) in [5.41, 5.74) is 1.41. The SMILES string of the molecule is CCOc1ccc(-n2c(SC(C)C(=O)NC(C)(C)C)nnc2-c2cccc(Cl)c2)cc1. The quantitative estimate of drug-likeness (QED) is 0.481. The predicted molar refractivity (Wildman–Crippen MR) is 126 cm³/mol. The Hall–Kier alpha value is -2.51. The van der Waals surface area contributed by atoms with Crippen LogP contribution in [0.2, 0.25) is 5.02 Å². The highest BCUT2D eigenvalue weighted by Crippen LogP contribution is 2.32. The van der Waals surface area contributed by atoms with E-state index in [9.17, 15) is 4.79 Å². The van der Waals surface area contributed by atoms with Crippen molar-refractivity contribution in [3.63, 3.8) is 0 Å². The fraction of sp³-hybridized carbons (Fsp3) is 0.348. The fourth-order valence-corrected chi connectivity index (χ4v) is 3.99. The van der Waals surface area contributed by atoms with Crippen molar-refractivity contribution in [3.05, 3.63) is 53.6 Å². The second-order valence-electron chi connectivity index (χ2n) is 8.08. The van der Waals surface area contributed by atoms with Crippen LogP contribution >= 0.6 is 23.4 Å². The van der Waals surface area contributed by atoms with Crippen LogP contribution in [0.25, 0.3) is 17.1 Å². The number of thioether (sulfide) groups is 1. The zero-order chi connectivity index (χ0) is 22.6. The van der Waals surface area contributed by atoms with Crippen LogP contribution in [-0.2, 0) is 4.79 Å². The van der Waals surface area contributed by atoms with Crippen LogP contribution < -0.4 is 10.1 Å². The summed E-state index contributed by atoms with van der Waals surface area (Å²) in [6.45, 7) is 10.3. The summed E-state index contributed by atoms with van der Waals surface area (Å²) in [6.07, 6.45) is 0. The number of amides is 1. The molecule has 8 heteroatoms. The highest BCUT2D eigenvalue weighted by atomic mass is 35.5. The smallest absolute Gasteiger partial charge is 0.233 e. The molecule has 164 valence electrons. The van der Waals surface area contributed by atoms with E-state index in [1.165, 1.54) is 11.8 Å². The molecule has 0 aliphatic rings. The minimum atomic E-state index is -0.350. The van der Waals surface area contributed by atoms with E-state index in [4.69, 9.17) is 16.3 Å². The van der Waals surface area contributed by atoms with Crippen LogP contribution in [0.4, 0.5) is 0 Å². The largest absolute Gasteiger partial charge is 0.494 e. The van der Waals surface area contributed by atoms with E-state index in [1.54, 1.807) is 0 Å². The van der Waals surface area contributed by atoms with Crippen LogP contribution in [0.1, 0.15) is 34.6 Å². The molecule has 1 atom stereocenters. The van der Waals surface area contributed by atoms with Crippen molar-refractivity contribution in [2.75, 3.05) is 6.61 Å². The van der Waals surface area contributed by atoms with Gasteiger partial charge in [-0.2, -0.15) is 0 Å². The van der Waals surface area contributed by atoms with Crippen molar-refractivity contribution in [3.8, 4) is 22.8 Å². The first-order valence-electron chi connectivity index (χ1n) is 10.1. The molecule has 3 rings (SSSR count). The van der Waals surface area contributed by atoms with E-state index in [1.807, 2.05) is 87.7 Å². The Bertz CT molecular complexity index is 1040. The van der Waals surface area contributed by atoms with Gasteiger partial charge in [0.1, 0.15) is 5.75 Å². The van der Waals surface area contributed by atoms with Gasteiger partial charge in [0, 0.05) is 21.8 Å². The number of aromatic nitrogens is 3. The summed E-state index contributed by atoms with van der Waals surface area (Å²) in [4.78, 5) is 12.6. The Morgan fingerprint density at radius 3 is 2.52 bits per heavy atom. The number of carbonyl (C=O) groups is 1. The molecule has 1 heterocycles. The van der Waals surface area contributed by atoms with E-state index in [-0.39, 0.29) is 16.7 Å². The Balaban J connectivity index is 2.00. The second kappa shape index (κ2) is 9.75. The summed E-state index contributed by atoms with van der Waals surface area (Å²) >= 11 is 7.57. The summed E-state index contributed by atoms with van der Waals surface area (Å²) in [5, 5.41) is 12.7. The zero-order valence-corrected chi connectivity index (χ0v) is 19.9. The van der Waals surface area contributed by atoms with Crippen molar-refractivity contribution in [1.82, 2.24) is 20.1 Å². The van der Waals surface area contributed by atoms with Crippen LogP contribution in [0.3, 0.4) is 0 Å². The molecule has 0 radical (unpaired) electrons. The molecule has 0 fully saturated rings. The van der Waals surface area contributed by atoms with Gasteiger partial charge in [0.2, 0.25) is 5.91 Å². The van der Waals surface area contributed by atoms with Gasteiger partial charge < -0.3 is 10.1 Å². The monoisotopic (exact) mass is 458 g/mol. The van der Waals surface area contributed by atoms with E-state index in [0.29, 0.717) is 22.6 Å². The molecular weight excluding hydrogens is 432 g/mol. The lowest BCUT2D eigenvalue weighted by molar-refractivity contribution is -0.121. The minimum absolute atomic E-state index is 0.0527. The van der Waals surface area contributed by atoms with E-state index in [0.717, 1.165) is 17.0 Å². The molecule has 0 aliphatic carbocycles. The Morgan fingerprint density at radius 1 is 1.19 bits per heavy atom. The van der Waals surface area contributed by atoms with E-state index >= 15 is 0 Å². The molecule has 1 aromatic heterocycles.